The van der Waals surface area contributed by atoms with Crippen molar-refractivity contribution in [1.29, 1.82) is 0 Å². The zero-order valence-corrected chi connectivity index (χ0v) is 23.5. The van der Waals surface area contributed by atoms with E-state index in [2.05, 4.69) is 71.8 Å². The summed E-state index contributed by atoms with van der Waals surface area (Å²) in [6, 6.07) is 8.80. The van der Waals surface area contributed by atoms with Gasteiger partial charge in [-0.05, 0) is 79.8 Å². The maximum absolute atomic E-state index is 10.7. The van der Waals surface area contributed by atoms with Crippen molar-refractivity contribution in [3.8, 4) is 0 Å². The van der Waals surface area contributed by atoms with Gasteiger partial charge in [-0.25, -0.2) is 8.42 Å². The maximum atomic E-state index is 10.7. The van der Waals surface area contributed by atoms with Crippen LogP contribution in [0.15, 0.2) is 24.3 Å². The number of ether oxygens (including phenoxy) is 5. The lowest BCUT2D eigenvalue weighted by Gasteiger charge is -2.37. The monoisotopic (exact) mass is 613 g/mol. The molecule has 0 aromatic heterocycles. The fourth-order valence-electron chi connectivity index (χ4n) is 4.08. The number of rotatable bonds is 5. The third-order valence-corrected chi connectivity index (χ3v) is 7.28. The lowest BCUT2D eigenvalue weighted by Crippen LogP contribution is -2.56. The quantitative estimate of drug-likeness (QED) is 0.278. The Morgan fingerprint density at radius 3 is 2.06 bits per heavy atom. The molecule has 5 atom stereocenters. The third-order valence-electron chi connectivity index (χ3n) is 6.14. The average Bonchev–Trinajstić information content (AvgIpc) is 3.20. The van der Waals surface area contributed by atoms with Crippen molar-refractivity contribution in [3.63, 3.8) is 0 Å². The maximum Gasteiger partial charge on any atom is 0.217 e. The van der Waals surface area contributed by atoms with E-state index >= 15 is 0 Å². The molecule has 3 heterocycles. The standard InChI is InChI=1S/C12H20O9S.C11H15I/c1-11(2)18-7-6(5-16-22(13,14)15)17-10-9(8(7)19-11)20-12(3,4)21-10;1-4-11(2,3)9-5-7-10(12)8-6-9/h6-10H,5H2,1-4H3,(H,13,14,15);5-8H,4H2,1-3H3/p-1. The van der Waals surface area contributed by atoms with Crippen LogP contribution in [0.4, 0.5) is 0 Å². The van der Waals surface area contributed by atoms with Gasteiger partial charge in [-0.2, -0.15) is 0 Å². The molecule has 3 aliphatic heterocycles. The van der Waals surface area contributed by atoms with Gasteiger partial charge in [0.25, 0.3) is 0 Å². The SMILES string of the molecule is CC1(C)OC2OC(COS(=O)(=O)[O-])C3OC(C)(C)OC3C2O1.CCC(C)(C)c1ccc(I)cc1. The molecule has 0 saturated carbocycles. The van der Waals surface area contributed by atoms with Crippen molar-refractivity contribution in [1.82, 2.24) is 0 Å². The van der Waals surface area contributed by atoms with Crippen LogP contribution in [0.1, 0.15) is 60.5 Å². The van der Waals surface area contributed by atoms with Gasteiger partial charge in [0.15, 0.2) is 17.9 Å². The highest BCUT2D eigenvalue weighted by atomic mass is 127. The minimum absolute atomic E-state index is 0.324. The zero-order chi connectivity index (χ0) is 25.5. The summed E-state index contributed by atoms with van der Waals surface area (Å²) in [7, 11) is -4.82. The van der Waals surface area contributed by atoms with Gasteiger partial charge < -0.3 is 28.2 Å². The van der Waals surface area contributed by atoms with Gasteiger partial charge in [-0.1, -0.05) is 32.9 Å². The van der Waals surface area contributed by atoms with Gasteiger partial charge in [0.05, 0.1) is 6.61 Å². The molecular weight excluding hydrogens is 579 g/mol. The minimum Gasteiger partial charge on any atom is -0.726 e. The van der Waals surface area contributed by atoms with Crippen molar-refractivity contribution < 1.29 is 40.8 Å². The van der Waals surface area contributed by atoms with Crippen LogP contribution >= 0.6 is 22.6 Å². The summed E-state index contributed by atoms with van der Waals surface area (Å²) in [5.41, 5.74) is 1.76. The Labute approximate surface area is 215 Å². The second-order valence-electron chi connectivity index (χ2n) is 10.1. The highest BCUT2D eigenvalue weighted by Crippen LogP contribution is 2.44. The number of benzene rings is 1. The summed E-state index contributed by atoms with van der Waals surface area (Å²) in [5.74, 6) is -1.76. The first-order valence-electron chi connectivity index (χ1n) is 11.2. The second-order valence-corrected chi connectivity index (χ2v) is 12.4. The van der Waals surface area contributed by atoms with Gasteiger partial charge in [0, 0.05) is 3.57 Å². The van der Waals surface area contributed by atoms with Gasteiger partial charge >= 0.3 is 0 Å². The number of hydrogen-bond donors (Lipinski definition) is 0. The van der Waals surface area contributed by atoms with Crippen LogP contribution in [0.3, 0.4) is 0 Å². The van der Waals surface area contributed by atoms with Gasteiger partial charge in [-0.3, -0.25) is 4.18 Å². The summed E-state index contributed by atoms with van der Waals surface area (Å²) in [5, 5.41) is 0. The van der Waals surface area contributed by atoms with E-state index in [1.54, 1.807) is 27.7 Å². The molecule has 3 saturated heterocycles. The van der Waals surface area contributed by atoms with Crippen molar-refractivity contribution in [3.05, 3.63) is 33.4 Å². The molecule has 1 aromatic carbocycles. The van der Waals surface area contributed by atoms with E-state index in [9.17, 15) is 13.0 Å². The Morgan fingerprint density at radius 1 is 0.971 bits per heavy atom. The minimum atomic E-state index is -4.82. The smallest absolute Gasteiger partial charge is 0.217 e. The van der Waals surface area contributed by atoms with Gasteiger partial charge in [0.1, 0.15) is 24.4 Å². The molecule has 0 N–H and O–H groups in total. The summed E-state index contributed by atoms with van der Waals surface area (Å²) < 4.78 is 66.3. The molecule has 9 nitrogen and oxygen atoms in total. The Morgan fingerprint density at radius 2 is 1.50 bits per heavy atom. The van der Waals surface area contributed by atoms with Crippen molar-refractivity contribution in [2.75, 3.05) is 6.61 Å². The molecule has 3 aliphatic rings. The van der Waals surface area contributed by atoms with E-state index in [4.69, 9.17) is 23.7 Å². The molecule has 5 unspecified atom stereocenters. The van der Waals surface area contributed by atoms with Gasteiger partial charge in [0.2, 0.25) is 10.4 Å². The molecule has 0 spiro atoms. The molecule has 0 radical (unpaired) electrons. The van der Waals surface area contributed by atoms with Crippen molar-refractivity contribution in [2.24, 2.45) is 0 Å². The molecular formula is C23H34IO9S-. The van der Waals surface area contributed by atoms with E-state index in [-0.39, 0.29) is 0 Å². The van der Waals surface area contributed by atoms with E-state index in [0.29, 0.717) is 5.41 Å². The Balaban J connectivity index is 0.000000229. The first-order chi connectivity index (χ1) is 15.5. The van der Waals surface area contributed by atoms with Crippen LogP contribution in [-0.2, 0) is 43.7 Å². The van der Waals surface area contributed by atoms with Crippen LogP contribution in [0.2, 0.25) is 0 Å². The fourth-order valence-corrected chi connectivity index (χ4v) is 4.74. The van der Waals surface area contributed by atoms with E-state index < -0.39 is 59.3 Å². The van der Waals surface area contributed by atoms with Gasteiger partial charge in [-0.15, -0.1) is 0 Å². The lowest BCUT2D eigenvalue weighted by atomic mass is 9.82. The molecule has 34 heavy (non-hydrogen) atoms. The Kier molecular flexibility index (Phi) is 8.44. The van der Waals surface area contributed by atoms with Crippen LogP contribution in [0, 0.1) is 3.57 Å². The molecule has 11 heteroatoms. The lowest BCUT2D eigenvalue weighted by molar-refractivity contribution is -0.238. The van der Waals surface area contributed by atoms with Crippen LogP contribution in [0.25, 0.3) is 0 Å². The molecule has 194 valence electrons. The molecule has 0 aliphatic carbocycles. The first-order valence-corrected chi connectivity index (χ1v) is 13.7. The van der Waals surface area contributed by atoms with Crippen LogP contribution < -0.4 is 0 Å². The summed E-state index contributed by atoms with van der Waals surface area (Å²) in [6.45, 7) is 13.3. The summed E-state index contributed by atoms with van der Waals surface area (Å²) >= 11 is 2.34. The van der Waals surface area contributed by atoms with Crippen LogP contribution in [0.5, 0.6) is 0 Å². The normalized spacial score (nSPS) is 31.9. The Bertz CT molecular complexity index is 946. The summed E-state index contributed by atoms with van der Waals surface area (Å²) in [6.07, 6.45) is -2.05. The van der Waals surface area contributed by atoms with Crippen LogP contribution in [-0.4, -0.2) is 61.9 Å². The molecule has 3 fully saturated rings. The third kappa shape index (κ3) is 7.10. The highest BCUT2D eigenvalue weighted by Gasteiger charge is 2.60. The van der Waals surface area contributed by atoms with Crippen molar-refractivity contribution >= 4 is 33.0 Å². The van der Waals surface area contributed by atoms with Crippen molar-refractivity contribution in [2.45, 2.75) is 103 Å². The number of fused-ring (bicyclic) bond motifs is 3. The molecule has 0 bridgehead atoms. The van der Waals surface area contributed by atoms with E-state index in [0.717, 1.165) is 0 Å². The first kappa shape index (κ1) is 28.2. The average molecular weight is 613 g/mol. The highest BCUT2D eigenvalue weighted by molar-refractivity contribution is 14.1. The van der Waals surface area contributed by atoms with E-state index in [1.165, 1.54) is 15.6 Å². The fraction of sp³-hybridized carbons (Fsp3) is 0.739. The number of hydrogen-bond acceptors (Lipinski definition) is 9. The largest absolute Gasteiger partial charge is 0.726 e. The Hall–Kier alpha value is -0.380. The predicted octanol–water partition coefficient (Wildman–Crippen LogP) is 3.84. The number of halogens is 1. The predicted molar refractivity (Wildman–Crippen MR) is 131 cm³/mol. The summed E-state index contributed by atoms with van der Waals surface area (Å²) in [4.78, 5) is 0. The second kappa shape index (κ2) is 10.2. The topological polar surface area (TPSA) is 113 Å². The zero-order valence-electron chi connectivity index (χ0n) is 20.6. The molecule has 1 aromatic rings. The van der Waals surface area contributed by atoms with E-state index in [1.807, 2.05) is 0 Å². The molecule has 4 rings (SSSR count). The molecule has 0 amide bonds.